The quantitative estimate of drug-likeness (QED) is 0.660. The number of alkyl halides is 2. The Morgan fingerprint density at radius 3 is 2.00 bits per heavy atom. The second-order valence-electron chi connectivity index (χ2n) is 3.00. The summed E-state index contributed by atoms with van der Waals surface area (Å²) in [5.41, 5.74) is 0. The molecule has 0 aliphatic heterocycles. The molecule has 1 aliphatic rings. The van der Waals surface area contributed by atoms with Crippen LogP contribution in [-0.2, 0) is 4.79 Å². The van der Waals surface area contributed by atoms with Gasteiger partial charge in [0.05, 0.1) is 0 Å². The highest BCUT2D eigenvalue weighted by atomic mass is 35.5. The van der Waals surface area contributed by atoms with Crippen LogP contribution in [0.1, 0.15) is 33.1 Å². The molecule has 0 atom stereocenters. The van der Waals surface area contributed by atoms with Gasteiger partial charge >= 0.3 is 0 Å². The van der Waals surface area contributed by atoms with Crippen molar-refractivity contribution in [1.82, 2.24) is 0 Å². The molecule has 0 saturated heterocycles. The SMILES string of the molecule is CCC(=O)CC.ClC1(Cl)C=CC=CC1. The van der Waals surface area contributed by atoms with Crippen LogP contribution in [0.15, 0.2) is 24.3 Å². The van der Waals surface area contributed by atoms with E-state index >= 15 is 0 Å². The molecule has 0 aromatic heterocycles. The first-order valence-electron chi connectivity index (χ1n) is 4.75. The fraction of sp³-hybridized carbons (Fsp3) is 0.545. The Hall–Kier alpha value is -0.270. The summed E-state index contributed by atoms with van der Waals surface area (Å²) in [6, 6.07) is 0. The van der Waals surface area contributed by atoms with Gasteiger partial charge in [-0.25, -0.2) is 0 Å². The molecule has 1 nitrogen and oxygen atoms in total. The zero-order valence-electron chi connectivity index (χ0n) is 8.59. The van der Waals surface area contributed by atoms with Crippen LogP contribution in [0.2, 0.25) is 0 Å². The van der Waals surface area contributed by atoms with Gasteiger partial charge in [-0.15, -0.1) is 0 Å². The van der Waals surface area contributed by atoms with Gasteiger partial charge in [0.15, 0.2) is 0 Å². The summed E-state index contributed by atoms with van der Waals surface area (Å²) in [5.74, 6) is 0.343. The van der Waals surface area contributed by atoms with Gasteiger partial charge in [-0.3, -0.25) is 4.79 Å². The molecule has 0 saturated carbocycles. The molecular formula is C11H16Cl2O. The van der Waals surface area contributed by atoms with Gasteiger partial charge in [-0.1, -0.05) is 55.3 Å². The fourth-order valence-corrected chi connectivity index (χ4v) is 1.14. The maximum atomic E-state index is 10.2. The van der Waals surface area contributed by atoms with E-state index in [0.29, 0.717) is 25.0 Å². The number of hydrogen-bond donors (Lipinski definition) is 0. The maximum Gasteiger partial charge on any atom is 0.140 e. The van der Waals surface area contributed by atoms with Crippen LogP contribution in [0.4, 0.5) is 0 Å². The summed E-state index contributed by atoms with van der Waals surface area (Å²) < 4.78 is -0.644. The average molecular weight is 235 g/mol. The van der Waals surface area contributed by atoms with Gasteiger partial charge in [-0.05, 0) is 6.08 Å². The molecule has 0 N–H and O–H groups in total. The molecule has 3 heteroatoms. The minimum atomic E-state index is -0.644. The van der Waals surface area contributed by atoms with Crippen LogP contribution in [0.3, 0.4) is 0 Å². The number of ketones is 1. The van der Waals surface area contributed by atoms with Crippen molar-refractivity contribution in [3.63, 3.8) is 0 Å². The van der Waals surface area contributed by atoms with Crippen LogP contribution in [0.25, 0.3) is 0 Å². The molecular weight excluding hydrogens is 219 g/mol. The average Bonchev–Trinajstić information content (AvgIpc) is 2.17. The maximum absolute atomic E-state index is 10.2. The smallest absolute Gasteiger partial charge is 0.140 e. The zero-order chi connectivity index (χ0) is 11.0. The van der Waals surface area contributed by atoms with Crippen molar-refractivity contribution < 1.29 is 4.79 Å². The van der Waals surface area contributed by atoms with Gasteiger partial charge in [0.1, 0.15) is 10.1 Å². The summed E-state index contributed by atoms with van der Waals surface area (Å²) in [7, 11) is 0. The van der Waals surface area contributed by atoms with Crippen molar-refractivity contribution in [2.75, 3.05) is 0 Å². The van der Waals surface area contributed by atoms with Crippen LogP contribution in [-0.4, -0.2) is 10.1 Å². The lowest BCUT2D eigenvalue weighted by Gasteiger charge is -2.13. The highest BCUT2D eigenvalue weighted by Crippen LogP contribution is 2.29. The highest BCUT2D eigenvalue weighted by molar-refractivity contribution is 6.50. The van der Waals surface area contributed by atoms with Crippen molar-refractivity contribution >= 4 is 29.0 Å². The van der Waals surface area contributed by atoms with Gasteiger partial charge in [0.25, 0.3) is 0 Å². The minimum Gasteiger partial charge on any atom is -0.300 e. The third-order valence-electron chi connectivity index (χ3n) is 1.77. The summed E-state index contributed by atoms with van der Waals surface area (Å²) >= 11 is 11.4. The van der Waals surface area contributed by atoms with E-state index in [1.807, 2.05) is 32.1 Å². The molecule has 1 rings (SSSR count). The van der Waals surface area contributed by atoms with E-state index in [1.165, 1.54) is 0 Å². The summed E-state index contributed by atoms with van der Waals surface area (Å²) in [6.45, 7) is 3.76. The van der Waals surface area contributed by atoms with Gasteiger partial charge in [-0.2, -0.15) is 0 Å². The van der Waals surface area contributed by atoms with E-state index in [2.05, 4.69) is 0 Å². The van der Waals surface area contributed by atoms with Crippen LogP contribution >= 0.6 is 23.2 Å². The first-order chi connectivity index (χ1) is 6.52. The molecule has 80 valence electrons. The Morgan fingerprint density at radius 1 is 1.29 bits per heavy atom. The third-order valence-corrected chi connectivity index (χ3v) is 2.33. The molecule has 0 aromatic rings. The molecule has 0 amide bonds. The van der Waals surface area contributed by atoms with E-state index in [0.717, 1.165) is 0 Å². The summed E-state index contributed by atoms with van der Waals surface area (Å²) in [4.78, 5) is 10.2. The number of rotatable bonds is 2. The number of halogens is 2. The van der Waals surface area contributed by atoms with Crippen LogP contribution < -0.4 is 0 Å². The molecule has 0 radical (unpaired) electrons. The molecule has 0 aromatic carbocycles. The van der Waals surface area contributed by atoms with Crippen molar-refractivity contribution in [2.45, 2.75) is 37.4 Å². The number of allylic oxidation sites excluding steroid dienone is 4. The monoisotopic (exact) mass is 234 g/mol. The Balaban J connectivity index is 0.000000255. The van der Waals surface area contributed by atoms with Crippen molar-refractivity contribution in [2.24, 2.45) is 0 Å². The molecule has 1 aliphatic carbocycles. The van der Waals surface area contributed by atoms with Crippen molar-refractivity contribution in [1.29, 1.82) is 0 Å². The van der Waals surface area contributed by atoms with E-state index in [4.69, 9.17) is 23.2 Å². The predicted molar refractivity (Wildman–Crippen MR) is 62.9 cm³/mol. The largest absolute Gasteiger partial charge is 0.300 e. The molecule has 0 heterocycles. The lowest BCUT2D eigenvalue weighted by atomic mass is 10.2. The third kappa shape index (κ3) is 7.16. The number of hydrogen-bond acceptors (Lipinski definition) is 1. The van der Waals surface area contributed by atoms with E-state index in [9.17, 15) is 4.79 Å². The Bertz CT molecular complexity index is 223. The Kier molecular flexibility index (Phi) is 6.94. The molecule has 0 spiro atoms. The normalized spacial score (nSPS) is 17.1. The van der Waals surface area contributed by atoms with Gasteiger partial charge in [0, 0.05) is 19.3 Å². The van der Waals surface area contributed by atoms with Crippen LogP contribution in [0, 0.1) is 0 Å². The molecule has 0 fully saturated rings. The topological polar surface area (TPSA) is 17.1 Å². The molecule has 0 unspecified atom stereocenters. The second-order valence-corrected chi connectivity index (χ2v) is 4.54. The van der Waals surface area contributed by atoms with E-state index in [1.54, 1.807) is 6.08 Å². The lowest BCUT2D eigenvalue weighted by molar-refractivity contribution is -0.118. The summed E-state index contributed by atoms with van der Waals surface area (Å²) in [6.07, 6.45) is 9.60. The minimum absolute atomic E-state index is 0.343. The van der Waals surface area contributed by atoms with Crippen molar-refractivity contribution in [3.8, 4) is 0 Å². The van der Waals surface area contributed by atoms with E-state index < -0.39 is 4.33 Å². The number of carbonyl (C=O) groups is 1. The summed E-state index contributed by atoms with van der Waals surface area (Å²) in [5, 5.41) is 0. The van der Waals surface area contributed by atoms with E-state index in [-0.39, 0.29) is 0 Å². The Morgan fingerprint density at radius 2 is 1.86 bits per heavy atom. The first kappa shape index (κ1) is 13.7. The molecule has 0 bridgehead atoms. The van der Waals surface area contributed by atoms with Crippen LogP contribution in [0.5, 0.6) is 0 Å². The molecule has 14 heavy (non-hydrogen) atoms. The number of carbonyl (C=O) groups excluding carboxylic acids is 1. The lowest BCUT2D eigenvalue weighted by Crippen LogP contribution is -2.07. The first-order valence-corrected chi connectivity index (χ1v) is 5.51. The second kappa shape index (κ2) is 7.08. The highest BCUT2D eigenvalue weighted by Gasteiger charge is 2.18. The Labute approximate surface area is 95.8 Å². The fourth-order valence-electron chi connectivity index (χ4n) is 0.818. The van der Waals surface area contributed by atoms with Crippen molar-refractivity contribution in [3.05, 3.63) is 24.3 Å². The van der Waals surface area contributed by atoms with Gasteiger partial charge in [0.2, 0.25) is 0 Å². The standard InChI is InChI=1S/C6H6Cl2.C5H10O/c7-6(8)4-2-1-3-5-6;1-3-5(6)4-2/h1-4H,5H2;3-4H2,1-2H3. The predicted octanol–water partition coefficient (Wildman–Crippen LogP) is 4.05. The number of Topliss-reactive ketones (excluding diaryl/α,β-unsaturated/α-hetero) is 1. The van der Waals surface area contributed by atoms with Gasteiger partial charge < -0.3 is 0 Å². The zero-order valence-corrected chi connectivity index (χ0v) is 10.1.